The number of nitrogens with zero attached hydrogens (tertiary/aromatic N) is 2. The van der Waals surface area contributed by atoms with Crippen molar-refractivity contribution < 1.29 is 9.59 Å². The number of nitrogens with one attached hydrogen (secondary N) is 4. The third kappa shape index (κ3) is 10.0. The quantitative estimate of drug-likeness (QED) is 0.109. The Kier molecular flexibility index (Phi) is 13.6. The Balaban J connectivity index is 0.000000171. The van der Waals surface area contributed by atoms with Gasteiger partial charge in [0.2, 0.25) is 0 Å². The van der Waals surface area contributed by atoms with E-state index in [0.29, 0.717) is 59.9 Å². The molecule has 9 rings (SSSR count). The van der Waals surface area contributed by atoms with Crippen molar-refractivity contribution in [3.63, 3.8) is 0 Å². The Morgan fingerprint density at radius 2 is 1.05 bits per heavy atom. The van der Waals surface area contributed by atoms with E-state index in [1.165, 1.54) is 49.7 Å². The second-order valence-electron chi connectivity index (χ2n) is 15.5. The summed E-state index contributed by atoms with van der Waals surface area (Å²) in [5, 5.41) is 8.01. The average molecular weight is 903 g/mol. The number of anilines is 2. The molecule has 0 unspecified atom stereocenters. The van der Waals surface area contributed by atoms with Crippen molar-refractivity contribution in [2.75, 3.05) is 10.6 Å². The zero-order valence-electron chi connectivity index (χ0n) is 34.0. The van der Waals surface area contributed by atoms with Gasteiger partial charge in [-0.15, -0.1) is 0 Å². The normalized spacial score (nSPS) is 12.9. The molecular formula is C50H44Cl4N6O2. The molecule has 1 aliphatic rings. The van der Waals surface area contributed by atoms with Gasteiger partial charge in [-0.2, -0.15) is 0 Å². The number of rotatable bonds is 10. The highest BCUT2D eigenvalue weighted by Gasteiger charge is 2.18. The molecular weight excluding hydrogens is 858 g/mol. The van der Waals surface area contributed by atoms with Gasteiger partial charge in [0.15, 0.2) is 0 Å². The number of benzene rings is 6. The first-order valence-corrected chi connectivity index (χ1v) is 22.3. The molecule has 0 spiro atoms. The summed E-state index contributed by atoms with van der Waals surface area (Å²) in [6.07, 6.45) is 9.87. The lowest BCUT2D eigenvalue weighted by Crippen LogP contribution is -2.12. The van der Waals surface area contributed by atoms with E-state index >= 15 is 0 Å². The summed E-state index contributed by atoms with van der Waals surface area (Å²) < 4.78 is 0. The third-order valence-electron chi connectivity index (χ3n) is 11.2. The summed E-state index contributed by atoms with van der Waals surface area (Å²) in [4.78, 5) is 41.2. The monoisotopic (exact) mass is 900 g/mol. The molecule has 0 saturated heterocycles. The van der Waals surface area contributed by atoms with Crippen LogP contribution in [0, 0.1) is 0 Å². The number of amides is 2. The van der Waals surface area contributed by atoms with Gasteiger partial charge in [0.05, 0.1) is 53.3 Å². The molecule has 1 aliphatic carbocycles. The summed E-state index contributed by atoms with van der Waals surface area (Å²) in [5.41, 5.74) is 9.56. The lowest BCUT2D eigenvalue weighted by Gasteiger charge is -2.22. The molecule has 2 aromatic heterocycles. The van der Waals surface area contributed by atoms with E-state index in [4.69, 9.17) is 46.4 Å². The number of halogens is 4. The fraction of sp³-hybridized carbons (Fsp3) is 0.200. The van der Waals surface area contributed by atoms with Gasteiger partial charge in [-0.1, -0.05) is 115 Å². The Hall–Kier alpha value is -5.64. The van der Waals surface area contributed by atoms with E-state index in [1.54, 1.807) is 60.7 Å². The molecule has 0 radical (unpaired) electrons. The predicted molar refractivity (Wildman–Crippen MR) is 256 cm³/mol. The lowest BCUT2D eigenvalue weighted by atomic mass is 9.84. The van der Waals surface area contributed by atoms with E-state index < -0.39 is 0 Å². The van der Waals surface area contributed by atoms with Crippen molar-refractivity contribution in [1.29, 1.82) is 0 Å². The number of aromatic amines is 2. The van der Waals surface area contributed by atoms with Crippen molar-refractivity contribution in [2.24, 2.45) is 0 Å². The van der Waals surface area contributed by atoms with Gasteiger partial charge in [-0.25, -0.2) is 9.97 Å². The van der Waals surface area contributed by atoms with E-state index in [2.05, 4.69) is 61.8 Å². The molecule has 12 heteroatoms. The molecule has 2 amide bonds. The van der Waals surface area contributed by atoms with Crippen LogP contribution in [-0.4, -0.2) is 31.8 Å². The number of carbonyl (C=O) groups excluding carboxylic acids is 2. The maximum atomic E-state index is 12.8. The lowest BCUT2D eigenvalue weighted by molar-refractivity contribution is 0.101. The number of fused-ring (bicyclic) bond motifs is 2. The Labute approximate surface area is 380 Å². The molecule has 6 aromatic carbocycles. The maximum Gasteiger partial charge on any atom is 0.255 e. The first-order chi connectivity index (χ1) is 30.1. The number of H-pyrrole nitrogens is 2. The van der Waals surface area contributed by atoms with Gasteiger partial charge in [0, 0.05) is 22.5 Å². The van der Waals surface area contributed by atoms with Crippen LogP contribution in [0.4, 0.5) is 11.4 Å². The molecule has 0 bridgehead atoms. The largest absolute Gasteiger partial charge is 0.338 e. The smallest absolute Gasteiger partial charge is 0.255 e. The summed E-state index contributed by atoms with van der Waals surface area (Å²) in [7, 11) is 0. The summed E-state index contributed by atoms with van der Waals surface area (Å²) in [6.45, 7) is 2.18. The number of hydrogen-bond donors (Lipinski definition) is 4. The molecule has 2 heterocycles. The topological polar surface area (TPSA) is 116 Å². The zero-order chi connectivity index (χ0) is 43.2. The van der Waals surface area contributed by atoms with Gasteiger partial charge in [0.1, 0.15) is 11.6 Å². The number of aromatic nitrogens is 4. The molecule has 62 heavy (non-hydrogen) atoms. The zero-order valence-corrected chi connectivity index (χ0v) is 37.0. The molecule has 8 nitrogen and oxygen atoms in total. The van der Waals surface area contributed by atoms with Crippen LogP contribution in [0.15, 0.2) is 121 Å². The molecule has 1 saturated carbocycles. The van der Waals surface area contributed by atoms with Crippen molar-refractivity contribution in [2.45, 2.75) is 64.2 Å². The van der Waals surface area contributed by atoms with Crippen LogP contribution in [-0.2, 0) is 6.42 Å². The van der Waals surface area contributed by atoms with Gasteiger partial charge < -0.3 is 20.6 Å². The molecule has 314 valence electrons. The highest BCUT2D eigenvalue weighted by molar-refractivity contribution is 6.39. The molecule has 0 atom stereocenters. The van der Waals surface area contributed by atoms with E-state index in [9.17, 15) is 9.59 Å². The van der Waals surface area contributed by atoms with Gasteiger partial charge >= 0.3 is 0 Å². The van der Waals surface area contributed by atoms with Crippen molar-refractivity contribution in [3.8, 4) is 22.8 Å². The number of aryl methyl sites for hydroxylation is 1. The number of imidazole rings is 2. The third-order valence-corrected chi connectivity index (χ3v) is 12.4. The molecule has 8 aromatic rings. The van der Waals surface area contributed by atoms with Crippen LogP contribution < -0.4 is 10.6 Å². The Bertz CT molecular complexity index is 2820. The first-order valence-electron chi connectivity index (χ1n) is 20.8. The second kappa shape index (κ2) is 19.6. The van der Waals surface area contributed by atoms with E-state index in [0.717, 1.165) is 46.3 Å². The van der Waals surface area contributed by atoms with Crippen LogP contribution in [0.25, 0.3) is 44.8 Å². The molecule has 1 fully saturated rings. The number of unbranched alkanes of at least 4 members (excludes halogenated alkanes) is 1. The molecule has 0 aliphatic heterocycles. The second-order valence-corrected chi connectivity index (χ2v) is 17.1. The van der Waals surface area contributed by atoms with Crippen molar-refractivity contribution >= 4 is 91.7 Å². The summed E-state index contributed by atoms with van der Waals surface area (Å²) >= 11 is 25.2. The minimum absolute atomic E-state index is 0.163. The van der Waals surface area contributed by atoms with Crippen molar-refractivity contribution in [1.82, 2.24) is 19.9 Å². The fourth-order valence-electron chi connectivity index (χ4n) is 7.80. The first kappa shape index (κ1) is 43.0. The van der Waals surface area contributed by atoms with Gasteiger partial charge in [-0.3, -0.25) is 9.59 Å². The Morgan fingerprint density at radius 3 is 1.50 bits per heavy atom. The summed E-state index contributed by atoms with van der Waals surface area (Å²) in [5.74, 6) is 1.46. The van der Waals surface area contributed by atoms with Crippen molar-refractivity contribution in [3.05, 3.63) is 164 Å². The fourth-order valence-corrected chi connectivity index (χ4v) is 8.96. The van der Waals surface area contributed by atoms with Gasteiger partial charge in [-0.05, 0) is 128 Å². The van der Waals surface area contributed by atoms with Crippen LogP contribution in [0.2, 0.25) is 20.1 Å². The van der Waals surface area contributed by atoms with E-state index in [-0.39, 0.29) is 11.8 Å². The predicted octanol–water partition coefficient (Wildman–Crippen LogP) is 15.0. The Morgan fingerprint density at radius 1 is 0.597 bits per heavy atom. The number of carbonyl (C=O) groups is 2. The minimum atomic E-state index is -0.176. The van der Waals surface area contributed by atoms with E-state index in [1.807, 2.05) is 36.4 Å². The van der Waals surface area contributed by atoms with Crippen LogP contribution in [0.1, 0.15) is 89.6 Å². The highest BCUT2D eigenvalue weighted by Crippen LogP contribution is 2.36. The van der Waals surface area contributed by atoms with Gasteiger partial charge in [0.25, 0.3) is 11.8 Å². The minimum Gasteiger partial charge on any atom is -0.338 e. The number of hydrogen-bond acceptors (Lipinski definition) is 4. The maximum absolute atomic E-state index is 12.8. The standard InChI is InChI=1S/C26H23Cl2N3O.C24H21Cl2N3O/c27-20-7-4-8-21(28)24(20)25-30-22-14-11-18(15-23(22)31-25)26(32)29-19-12-9-17(10-13-19)16-5-2-1-3-6-16;1-2-3-5-15-8-11-17(12-9-15)27-24(30)16-10-13-20-21(14-16)29-23(28-20)22-18(25)6-4-7-19(22)26/h4,7-16H,1-3,5-6H2,(H,29,32)(H,30,31);4,6-14H,2-3,5H2,1H3,(H,27,30)(H,28,29). The summed E-state index contributed by atoms with van der Waals surface area (Å²) in [6, 6.07) is 37.7. The SMILES string of the molecule is CCCCc1ccc(NC(=O)c2ccc3nc(-c4c(Cl)cccc4Cl)[nH]c3c2)cc1.O=C(Nc1ccc(C2CCCCC2)cc1)c1ccc2nc(-c3c(Cl)cccc3Cl)[nH]c2c1. The average Bonchev–Trinajstić information content (AvgIpc) is 3.90. The van der Waals surface area contributed by atoms with Crippen LogP contribution >= 0.6 is 46.4 Å². The molecule has 4 N–H and O–H groups in total. The van der Waals surface area contributed by atoms with Crippen LogP contribution in [0.5, 0.6) is 0 Å². The van der Waals surface area contributed by atoms with Crippen LogP contribution in [0.3, 0.4) is 0 Å². The highest BCUT2D eigenvalue weighted by atomic mass is 35.5.